The SMILES string of the molecule is Cc1cc(Br)cc(Br)c1OCC(=O)NNC(=O)c1cccnc1. The zero-order valence-corrected chi connectivity index (χ0v) is 15.3. The van der Waals surface area contributed by atoms with Crippen LogP contribution in [0.4, 0.5) is 0 Å². The number of nitrogens with one attached hydrogen (secondary N) is 2. The number of carbonyl (C=O) groups excluding carboxylic acids is 2. The first kappa shape index (κ1) is 17.4. The predicted molar refractivity (Wildman–Crippen MR) is 91.9 cm³/mol. The molecule has 0 aliphatic rings. The van der Waals surface area contributed by atoms with Gasteiger partial charge in [-0.05, 0) is 52.7 Å². The summed E-state index contributed by atoms with van der Waals surface area (Å²) in [4.78, 5) is 27.3. The van der Waals surface area contributed by atoms with Crippen LogP contribution in [0.15, 0.2) is 45.6 Å². The lowest BCUT2D eigenvalue weighted by Gasteiger charge is -2.12. The van der Waals surface area contributed by atoms with Crippen LogP contribution >= 0.6 is 31.9 Å². The smallest absolute Gasteiger partial charge is 0.276 e. The molecule has 2 amide bonds. The second kappa shape index (κ2) is 8.07. The number of ether oxygens (including phenoxy) is 1. The summed E-state index contributed by atoms with van der Waals surface area (Å²) in [6.07, 6.45) is 2.96. The van der Waals surface area contributed by atoms with Crippen LogP contribution in [0.25, 0.3) is 0 Å². The molecule has 2 N–H and O–H groups in total. The quantitative estimate of drug-likeness (QED) is 0.713. The highest BCUT2D eigenvalue weighted by Crippen LogP contribution is 2.32. The third-order valence-electron chi connectivity index (χ3n) is 2.78. The van der Waals surface area contributed by atoms with E-state index in [1.807, 2.05) is 19.1 Å². The van der Waals surface area contributed by atoms with Crippen LogP contribution in [0.5, 0.6) is 5.75 Å². The van der Waals surface area contributed by atoms with Crippen molar-refractivity contribution in [3.63, 3.8) is 0 Å². The van der Waals surface area contributed by atoms with Crippen LogP contribution in [0, 0.1) is 6.92 Å². The maximum atomic E-state index is 11.8. The minimum Gasteiger partial charge on any atom is -0.482 e. The van der Waals surface area contributed by atoms with E-state index in [1.54, 1.807) is 18.3 Å². The number of rotatable bonds is 4. The average Bonchev–Trinajstić information content (AvgIpc) is 2.52. The third-order valence-corrected chi connectivity index (χ3v) is 3.83. The van der Waals surface area contributed by atoms with E-state index >= 15 is 0 Å². The molecule has 120 valence electrons. The molecule has 8 heteroatoms. The first-order valence-corrected chi connectivity index (χ1v) is 8.13. The van der Waals surface area contributed by atoms with E-state index in [9.17, 15) is 9.59 Å². The molecule has 0 radical (unpaired) electrons. The number of aryl methyl sites for hydroxylation is 1. The van der Waals surface area contributed by atoms with Gasteiger partial charge in [-0.25, -0.2) is 0 Å². The summed E-state index contributed by atoms with van der Waals surface area (Å²) in [6, 6.07) is 6.92. The first-order valence-electron chi connectivity index (χ1n) is 6.55. The first-order chi connectivity index (χ1) is 11.0. The maximum Gasteiger partial charge on any atom is 0.276 e. The molecule has 1 aromatic carbocycles. The Balaban J connectivity index is 1.85. The Hall–Kier alpha value is -1.93. The molecule has 1 aromatic heterocycles. The molecular weight excluding hydrogens is 430 g/mol. The fraction of sp³-hybridized carbons (Fsp3) is 0.133. The van der Waals surface area contributed by atoms with Gasteiger partial charge in [0, 0.05) is 16.9 Å². The molecule has 6 nitrogen and oxygen atoms in total. The van der Waals surface area contributed by atoms with Crippen LogP contribution in [0.3, 0.4) is 0 Å². The Bertz CT molecular complexity index is 700. The fourth-order valence-corrected chi connectivity index (χ4v) is 3.29. The molecule has 0 spiro atoms. The average molecular weight is 443 g/mol. The van der Waals surface area contributed by atoms with E-state index < -0.39 is 11.8 Å². The monoisotopic (exact) mass is 441 g/mol. The van der Waals surface area contributed by atoms with E-state index in [4.69, 9.17) is 4.74 Å². The van der Waals surface area contributed by atoms with Crippen molar-refractivity contribution in [1.29, 1.82) is 0 Å². The second-order valence-electron chi connectivity index (χ2n) is 4.57. The maximum absolute atomic E-state index is 11.8. The molecule has 0 atom stereocenters. The van der Waals surface area contributed by atoms with E-state index in [-0.39, 0.29) is 6.61 Å². The molecular formula is C15H13Br2N3O3. The van der Waals surface area contributed by atoms with Crippen molar-refractivity contribution in [3.05, 3.63) is 56.7 Å². The van der Waals surface area contributed by atoms with E-state index in [1.165, 1.54) is 6.20 Å². The van der Waals surface area contributed by atoms with E-state index in [2.05, 4.69) is 47.7 Å². The van der Waals surface area contributed by atoms with Gasteiger partial charge >= 0.3 is 0 Å². The molecule has 0 aliphatic carbocycles. The lowest BCUT2D eigenvalue weighted by atomic mass is 10.2. The Morgan fingerprint density at radius 3 is 2.70 bits per heavy atom. The number of hydrogen-bond donors (Lipinski definition) is 2. The standard InChI is InChI=1S/C15H13Br2N3O3/c1-9-5-11(16)6-12(17)14(9)23-8-13(21)19-20-15(22)10-3-2-4-18-7-10/h2-7H,8H2,1H3,(H,19,21)(H,20,22). The van der Waals surface area contributed by atoms with E-state index in [0.29, 0.717) is 11.3 Å². The molecule has 0 saturated heterocycles. The molecule has 2 rings (SSSR count). The van der Waals surface area contributed by atoms with Gasteiger partial charge in [-0.15, -0.1) is 0 Å². The van der Waals surface area contributed by atoms with Crippen LogP contribution < -0.4 is 15.6 Å². The van der Waals surface area contributed by atoms with Crippen molar-refractivity contribution < 1.29 is 14.3 Å². The highest BCUT2D eigenvalue weighted by atomic mass is 79.9. The molecule has 2 aromatic rings. The second-order valence-corrected chi connectivity index (χ2v) is 6.34. The Labute approximate surface area is 149 Å². The van der Waals surface area contributed by atoms with Gasteiger partial charge in [-0.2, -0.15) is 0 Å². The zero-order valence-electron chi connectivity index (χ0n) is 12.1. The molecule has 23 heavy (non-hydrogen) atoms. The molecule has 0 unspecified atom stereocenters. The van der Waals surface area contributed by atoms with Gasteiger partial charge in [0.2, 0.25) is 0 Å². The van der Waals surface area contributed by atoms with Crippen molar-refractivity contribution in [3.8, 4) is 5.75 Å². The Kier molecular flexibility index (Phi) is 6.12. The predicted octanol–water partition coefficient (Wildman–Crippen LogP) is 2.76. The minimum absolute atomic E-state index is 0.228. The van der Waals surface area contributed by atoms with Crippen molar-refractivity contribution in [2.24, 2.45) is 0 Å². The van der Waals surface area contributed by atoms with Crippen molar-refractivity contribution in [2.45, 2.75) is 6.92 Å². The number of nitrogens with zero attached hydrogens (tertiary/aromatic N) is 1. The topological polar surface area (TPSA) is 80.3 Å². The van der Waals surface area contributed by atoms with Crippen LogP contribution in [-0.2, 0) is 4.79 Å². The van der Waals surface area contributed by atoms with Gasteiger partial charge in [0.1, 0.15) is 5.75 Å². The number of halogens is 2. The van der Waals surface area contributed by atoms with Crippen molar-refractivity contribution >= 4 is 43.7 Å². The van der Waals surface area contributed by atoms with Gasteiger partial charge in [0.05, 0.1) is 10.0 Å². The molecule has 0 fully saturated rings. The summed E-state index contributed by atoms with van der Waals surface area (Å²) in [6.45, 7) is 1.64. The van der Waals surface area contributed by atoms with Crippen LogP contribution in [0.1, 0.15) is 15.9 Å². The molecule has 1 heterocycles. The van der Waals surface area contributed by atoms with Gasteiger partial charge in [-0.3, -0.25) is 25.4 Å². The third kappa shape index (κ3) is 5.04. The summed E-state index contributed by atoms with van der Waals surface area (Å²) >= 11 is 6.75. The van der Waals surface area contributed by atoms with Crippen LogP contribution in [-0.4, -0.2) is 23.4 Å². The Morgan fingerprint density at radius 2 is 2.04 bits per heavy atom. The van der Waals surface area contributed by atoms with Gasteiger partial charge in [-0.1, -0.05) is 15.9 Å². The summed E-state index contributed by atoms with van der Waals surface area (Å²) in [5.74, 6) is -0.356. The number of hydrazine groups is 1. The van der Waals surface area contributed by atoms with Gasteiger partial charge < -0.3 is 4.74 Å². The molecule has 0 saturated carbocycles. The number of benzene rings is 1. The largest absolute Gasteiger partial charge is 0.482 e. The van der Waals surface area contributed by atoms with Crippen molar-refractivity contribution in [2.75, 3.05) is 6.61 Å². The van der Waals surface area contributed by atoms with Gasteiger partial charge in [0.15, 0.2) is 6.61 Å². The van der Waals surface area contributed by atoms with Crippen LogP contribution in [0.2, 0.25) is 0 Å². The highest BCUT2D eigenvalue weighted by molar-refractivity contribution is 9.11. The lowest BCUT2D eigenvalue weighted by Crippen LogP contribution is -2.43. The fourth-order valence-electron chi connectivity index (χ4n) is 1.74. The number of pyridine rings is 1. The number of aromatic nitrogens is 1. The lowest BCUT2D eigenvalue weighted by molar-refractivity contribution is -0.123. The number of hydrogen-bond acceptors (Lipinski definition) is 4. The molecule has 0 aliphatic heterocycles. The zero-order chi connectivity index (χ0) is 16.8. The summed E-state index contributed by atoms with van der Waals surface area (Å²) in [5, 5.41) is 0. The number of amides is 2. The number of carbonyl (C=O) groups is 2. The summed E-state index contributed by atoms with van der Waals surface area (Å²) < 4.78 is 7.12. The van der Waals surface area contributed by atoms with Crippen molar-refractivity contribution in [1.82, 2.24) is 15.8 Å². The minimum atomic E-state index is -0.476. The highest BCUT2D eigenvalue weighted by Gasteiger charge is 2.11. The van der Waals surface area contributed by atoms with Gasteiger partial charge in [0.25, 0.3) is 11.8 Å². The Morgan fingerprint density at radius 1 is 1.26 bits per heavy atom. The molecule has 0 bridgehead atoms. The normalized spacial score (nSPS) is 10.0. The summed E-state index contributed by atoms with van der Waals surface area (Å²) in [7, 11) is 0. The van der Waals surface area contributed by atoms with E-state index in [0.717, 1.165) is 14.5 Å². The summed E-state index contributed by atoms with van der Waals surface area (Å²) in [5.41, 5.74) is 5.80.